The molecule has 13 nitrogen and oxygen atoms in total. The number of carbonyl (C=O) groups excluding carboxylic acids is 4. The van der Waals surface area contributed by atoms with Crippen molar-refractivity contribution in [3.05, 3.63) is 59.7 Å². The second kappa shape index (κ2) is 14.1. The largest absolute Gasteiger partial charge is 0.449 e. The third kappa shape index (κ3) is 8.00. The number of carbonyl (C=O) groups is 4. The van der Waals surface area contributed by atoms with E-state index in [1.807, 2.05) is 48.5 Å². The highest BCUT2D eigenvalue weighted by molar-refractivity contribution is 8.11. The van der Waals surface area contributed by atoms with Crippen LogP contribution in [0.15, 0.2) is 48.5 Å². The predicted molar refractivity (Wildman–Crippen MR) is 162 cm³/mol. The molecule has 0 spiro atoms. The molecule has 1 fully saturated rings. The Labute approximate surface area is 259 Å². The Morgan fingerprint density at radius 2 is 1.57 bits per heavy atom. The first-order valence-electron chi connectivity index (χ1n) is 13.9. The Balaban J connectivity index is 1.45. The van der Waals surface area contributed by atoms with Gasteiger partial charge in [0.1, 0.15) is 43.3 Å². The van der Waals surface area contributed by atoms with Crippen molar-refractivity contribution >= 4 is 41.9 Å². The third-order valence-electron chi connectivity index (χ3n) is 7.22. The molecule has 0 aromatic heterocycles. The maximum Gasteiger partial charge on any atom is 0.407 e. The normalized spacial score (nSPS) is 23.5. The molecule has 44 heavy (non-hydrogen) atoms. The summed E-state index contributed by atoms with van der Waals surface area (Å²) in [6, 6.07) is 12.8. The van der Waals surface area contributed by atoms with Crippen molar-refractivity contribution in [1.29, 1.82) is 0 Å². The average Bonchev–Trinajstić information content (AvgIpc) is 3.28. The highest BCUT2D eigenvalue weighted by Gasteiger charge is 2.45. The number of alkyl carbamates (subject to hydrolysis) is 1. The van der Waals surface area contributed by atoms with Gasteiger partial charge in [-0.2, -0.15) is 0 Å². The maximum absolute atomic E-state index is 13.1. The summed E-state index contributed by atoms with van der Waals surface area (Å²) >= 11 is 5.23. The third-order valence-corrected chi connectivity index (χ3v) is 8.06. The van der Waals surface area contributed by atoms with E-state index in [1.165, 1.54) is 6.92 Å². The second-order valence-electron chi connectivity index (χ2n) is 10.9. The molecule has 1 aliphatic carbocycles. The summed E-state index contributed by atoms with van der Waals surface area (Å²) in [5.74, 6) is -2.61. The van der Waals surface area contributed by atoms with Crippen LogP contribution in [0.25, 0.3) is 11.1 Å². The van der Waals surface area contributed by atoms with Gasteiger partial charge in [0.25, 0.3) is 0 Å². The van der Waals surface area contributed by atoms with Gasteiger partial charge in [-0.1, -0.05) is 60.3 Å². The number of fused-ring (bicyclic) bond motifs is 3. The molecule has 2 aliphatic rings. The highest BCUT2D eigenvalue weighted by atomic mass is 32.4. The fourth-order valence-electron chi connectivity index (χ4n) is 5.29. The van der Waals surface area contributed by atoms with Gasteiger partial charge in [-0.25, -0.2) is 9.59 Å². The fourth-order valence-corrected chi connectivity index (χ4v) is 6.08. The van der Waals surface area contributed by atoms with Gasteiger partial charge in [0.15, 0.2) is 6.23 Å². The summed E-state index contributed by atoms with van der Waals surface area (Å²) in [7, 11) is 0. The lowest BCUT2D eigenvalue weighted by atomic mass is 9.95. The molecule has 4 rings (SSSR count). The summed E-state index contributed by atoms with van der Waals surface area (Å²) < 4.78 is 16.4. The number of ether oxygens (including phenoxy) is 2. The first kappa shape index (κ1) is 33.5. The number of amides is 3. The van der Waals surface area contributed by atoms with Crippen LogP contribution >= 0.6 is 6.26 Å². The van der Waals surface area contributed by atoms with E-state index in [0.29, 0.717) is 0 Å². The molecule has 2 aromatic carbocycles. The van der Waals surface area contributed by atoms with Crippen LogP contribution in [-0.4, -0.2) is 102 Å². The van der Waals surface area contributed by atoms with Gasteiger partial charge >= 0.3 is 12.1 Å². The molecule has 238 valence electrons. The van der Waals surface area contributed by atoms with E-state index >= 15 is 0 Å². The molecule has 1 heterocycles. The molecule has 6 N–H and O–H groups in total. The molecule has 1 saturated heterocycles. The van der Waals surface area contributed by atoms with Gasteiger partial charge < -0.3 is 45.3 Å². The Morgan fingerprint density at radius 3 is 2.11 bits per heavy atom. The fraction of sp³-hybridized carbons (Fsp3) is 0.448. The SMILES string of the molecule is CC(=O)N[C@@H]1[C@@H](O)[C@H](O)[C@@H](CO)O[C@H]1NC(=O)C[C@H](NC(=O)OCC1c2ccccc2-c2ccccc21)C(=O)OP(C)(C)=S. The van der Waals surface area contributed by atoms with Crippen molar-refractivity contribution in [3.63, 3.8) is 0 Å². The van der Waals surface area contributed by atoms with Crippen LogP contribution in [0.4, 0.5) is 4.79 Å². The Hall–Kier alpha value is -3.39. The molecule has 1 aliphatic heterocycles. The Kier molecular flexibility index (Phi) is 10.8. The standard InChI is InChI=1S/C29H36N3O10PS/c1-15(34)30-24-26(37)25(36)22(13-33)41-27(24)32-23(35)12-21(28(38)42-43(2,3)44)31-29(39)40-14-20-18-10-6-4-8-16(18)17-9-5-7-11-19(17)20/h4-11,20-22,24-27,33,36-37H,12-14H2,1-3H3,(H,30,34)(H,31,39)(H,32,35)/t21-,22+,24+,25+,26+,27+/m0/s1. The van der Waals surface area contributed by atoms with E-state index < -0.39 is 79.8 Å². The van der Waals surface area contributed by atoms with E-state index in [2.05, 4.69) is 16.0 Å². The van der Waals surface area contributed by atoms with E-state index in [9.17, 15) is 34.5 Å². The number of benzene rings is 2. The van der Waals surface area contributed by atoms with E-state index in [1.54, 1.807) is 13.3 Å². The smallest absolute Gasteiger partial charge is 0.407 e. The van der Waals surface area contributed by atoms with Gasteiger partial charge in [0, 0.05) is 12.8 Å². The van der Waals surface area contributed by atoms with E-state index in [-0.39, 0.29) is 12.5 Å². The lowest BCUT2D eigenvalue weighted by Crippen LogP contribution is -2.68. The summed E-state index contributed by atoms with van der Waals surface area (Å²) in [4.78, 5) is 50.8. The highest BCUT2D eigenvalue weighted by Crippen LogP contribution is 2.44. The Morgan fingerprint density at radius 1 is 0.977 bits per heavy atom. The van der Waals surface area contributed by atoms with Crippen LogP contribution in [0.2, 0.25) is 0 Å². The summed E-state index contributed by atoms with van der Waals surface area (Å²) in [5, 5.41) is 37.5. The van der Waals surface area contributed by atoms with Crippen LogP contribution in [0.1, 0.15) is 30.4 Å². The zero-order valence-corrected chi connectivity index (χ0v) is 26.0. The van der Waals surface area contributed by atoms with Gasteiger partial charge in [0.2, 0.25) is 11.8 Å². The van der Waals surface area contributed by atoms with Crippen LogP contribution in [0.3, 0.4) is 0 Å². The van der Waals surface area contributed by atoms with Gasteiger partial charge in [-0.15, -0.1) is 0 Å². The van der Waals surface area contributed by atoms with Crippen molar-refractivity contribution in [1.82, 2.24) is 16.0 Å². The van der Waals surface area contributed by atoms with Crippen LogP contribution < -0.4 is 16.0 Å². The quantitative estimate of drug-likeness (QED) is 0.197. The molecular formula is C29H36N3O10PS. The minimum absolute atomic E-state index is 0.0373. The van der Waals surface area contributed by atoms with Crippen molar-refractivity contribution in [2.45, 2.75) is 55.9 Å². The summed E-state index contributed by atoms with van der Waals surface area (Å²) in [6.07, 6.45) is -9.99. The molecule has 2 aromatic rings. The first-order chi connectivity index (χ1) is 20.8. The van der Waals surface area contributed by atoms with Crippen molar-refractivity contribution in [2.75, 3.05) is 26.5 Å². The summed E-state index contributed by atoms with van der Waals surface area (Å²) in [6.45, 7) is 3.55. The van der Waals surface area contributed by atoms with Crippen LogP contribution in [0.5, 0.6) is 0 Å². The number of hydrogen-bond donors (Lipinski definition) is 6. The predicted octanol–water partition coefficient (Wildman–Crippen LogP) is 0.541. The lowest BCUT2D eigenvalue weighted by molar-refractivity contribution is -0.203. The molecule has 6 atom stereocenters. The van der Waals surface area contributed by atoms with Gasteiger partial charge in [-0.05, 0) is 35.6 Å². The number of aliphatic hydroxyl groups excluding tert-OH is 3. The number of aliphatic hydroxyl groups is 3. The zero-order chi connectivity index (χ0) is 32.2. The van der Waals surface area contributed by atoms with Gasteiger partial charge in [0.05, 0.1) is 13.0 Å². The molecule has 0 bridgehead atoms. The van der Waals surface area contributed by atoms with E-state index in [0.717, 1.165) is 22.3 Å². The molecule has 3 amide bonds. The molecule has 15 heteroatoms. The summed E-state index contributed by atoms with van der Waals surface area (Å²) in [5.41, 5.74) is 4.05. The lowest BCUT2D eigenvalue weighted by Gasteiger charge is -2.42. The molecule has 0 unspecified atom stereocenters. The minimum Gasteiger partial charge on any atom is -0.449 e. The minimum atomic E-state index is -2.56. The van der Waals surface area contributed by atoms with Crippen molar-refractivity contribution in [3.8, 4) is 11.1 Å². The van der Waals surface area contributed by atoms with E-state index in [4.69, 9.17) is 25.8 Å². The topological polar surface area (TPSA) is 193 Å². The number of nitrogens with one attached hydrogen (secondary N) is 3. The maximum atomic E-state index is 13.1. The van der Waals surface area contributed by atoms with Crippen molar-refractivity contribution < 1.29 is 48.5 Å². The Bertz CT molecular complexity index is 1410. The second-order valence-corrected chi connectivity index (χ2v) is 16.3. The van der Waals surface area contributed by atoms with Gasteiger partial charge in [-0.3, -0.25) is 9.59 Å². The number of rotatable bonds is 10. The molecule has 0 saturated carbocycles. The van der Waals surface area contributed by atoms with Crippen molar-refractivity contribution in [2.24, 2.45) is 0 Å². The number of hydrogen-bond acceptors (Lipinski definition) is 11. The molecular weight excluding hydrogens is 613 g/mol. The van der Waals surface area contributed by atoms with Crippen LogP contribution in [-0.2, 0) is 40.2 Å². The molecule has 0 radical (unpaired) electrons. The zero-order valence-electron chi connectivity index (χ0n) is 24.3. The first-order valence-corrected chi connectivity index (χ1v) is 17.5. The monoisotopic (exact) mass is 649 g/mol. The average molecular weight is 650 g/mol. The van der Waals surface area contributed by atoms with Crippen LogP contribution in [0, 0.1) is 0 Å².